The Morgan fingerprint density at radius 3 is 2.67 bits per heavy atom. The molecule has 0 saturated heterocycles. The Bertz CT molecular complexity index is 1430. The molecule has 1 saturated carbocycles. The van der Waals surface area contributed by atoms with Crippen LogP contribution in [0.15, 0.2) is 58.9 Å². The molecule has 8 nitrogen and oxygen atoms in total. The molecule has 1 aromatic heterocycles. The standard InChI is InChI=1S/C32H39ClN4O4S/c1-20(2)16-17-40-26-15-14-22(18-27(26)39-4)29-28(30(38)41-24-11-6-5-7-12-24)21(3)34-31-35-32(36-37(29)31)42-19-23-10-8-9-13-25(23)33/h8-10,13-15,18,20,24,29H,5-7,11-12,16-17,19H2,1-4H3,(H,34,35,36). The lowest BCUT2D eigenvalue weighted by Crippen LogP contribution is -2.32. The predicted molar refractivity (Wildman–Crippen MR) is 166 cm³/mol. The molecular formula is C32H39ClN4O4S. The van der Waals surface area contributed by atoms with Crippen molar-refractivity contribution in [3.63, 3.8) is 0 Å². The quantitative estimate of drug-likeness (QED) is 0.174. The number of hydrogen-bond donors (Lipinski definition) is 1. The van der Waals surface area contributed by atoms with Gasteiger partial charge >= 0.3 is 5.97 Å². The third kappa shape index (κ3) is 7.06. The molecule has 10 heteroatoms. The van der Waals surface area contributed by atoms with Crippen molar-refractivity contribution in [3.8, 4) is 11.5 Å². The number of allylic oxidation sites excluding steroid dienone is 1. The first-order chi connectivity index (χ1) is 20.3. The molecule has 3 aromatic rings. The van der Waals surface area contributed by atoms with Gasteiger partial charge in [0.25, 0.3) is 0 Å². The van der Waals surface area contributed by atoms with E-state index in [4.69, 9.17) is 35.9 Å². The molecular weight excluding hydrogens is 572 g/mol. The molecule has 1 unspecified atom stereocenters. The molecule has 2 aliphatic rings. The summed E-state index contributed by atoms with van der Waals surface area (Å²) >= 11 is 7.88. The number of fused-ring (bicyclic) bond motifs is 1. The Morgan fingerprint density at radius 2 is 1.93 bits per heavy atom. The molecule has 5 rings (SSSR count). The van der Waals surface area contributed by atoms with Gasteiger partial charge in [0.15, 0.2) is 11.5 Å². The number of halogens is 1. The number of methoxy groups -OCH3 is 1. The first-order valence-electron chi connectivity index (χ1n) is 14.7. The number of aromatic nitrogens is 3. The molecule has 0 radical (unpaired) electrons. The predicted octanol–water partition coefficient (Wildman–Crippen LogP) is 7.82. The normalized spacial score (nSPS) is 17.1. The van der Waals surface area contributed by atoms with Gasteiger partial charge in [0.2, 0.25) is 11.1 Å². The van der Waals surface area contributed by atoms with E-state index in [0.717, 1.165) is 43.2 Å². The van der Waals surface area contributed by atoms with Crippen LogP contribution in [0.3, 0.4) is 0 Å². The minimum atomic E-state index is -0.557. The van der Waals surface area contributed by atoms with E-state index in [1.54, 1.807) is 11.8 Å². The highest BCUT2D eigenvalue weighted by molar-refractivity contribution is 7.98. The number of anilines is 1. The van der Waals surface area contributed by atoms with E-state index in [-0.39, 0.29) is 12.1 Å². The van der Waals surface area contributed by atoms with Crippen LogP contribution in [0, 0.1) is 5.92 Å². The largest absolute Gasteiger partial charge is 0.493 e. The lowest BCUT2D eigenvalue weighted by atomic mass is 9.94. The fraction of sp³-hybridized carbons (Fsp3) is 0.469. The first kappa shape index (κ1) is 30.3. The van der Waals surface area contributed by atoms with Crippen molar-refractivity contribution in [2.24, 2.45) is 5.92 Å². The van der Waals surface area contributed by atoms with E-state index in [1.807, 2.05) is 49.4 Å². The van der Waals surface area contributed by atoms with Crippen LogP contribution in [-0.4, -0.2) is 40.6 Å². The zero-order chi connectivity index (χ0) is 29.6. The number of hydrogen-bond acceptors (Lipinski definition) is 8. The van der Waals surface area contributed by atoms with E-state index in [0.29, 0.717) is 57.2 Å². The topological polar surface area (TPSA) is 87.5 Å². The zero-order valence-corrected chi connectivity index (χ0v) is 26.3. The molecule has 2 heterocycles. The number of benzene rings is 2. The average Bonchev–Trinajstić information content (AvgIpc) is 3.38. The van der Waals surface area contributed by atoms with Crippen molar-refractivity contribution < 1.29 is 19.0 Å². The van der Waals surface area contributed by atoms with Gasteiger partial charge in [0, 0.05) is 16.5 Å². The number of ether oxygens (including phenoxy) is 3. The number of rotatable bonds is 11. The van der Waals surface area contributed by atoms with Crippen LogP contribution in [-0.2, 0) is 15.3 Å². The first-order valence-corrected chi connectivity index (χ1v) is 16.0. The van der Waals surface area contributed by atoms with Gasteiger partial charge in [-0.25, -0.2) is 9.48 Å². The number of esters is 1. The Hall–Kier alpha value is -3.17. The van der Waals surface area contributed by atoms with Crippen molar-refractivity contribution in [2.45, 2.75) is 82.4 Å². The van der Waals surface area contributed by atoms with Gasteiger partial charge in [-0.1, -0.05) is 67.9 Å². The lowest BCUT2D eigenvalue weighted by molar-refractivity contribution is -0.146. The van der Waals surface area contributed by atoms with E-state index < -0.39 is 6.04 Å². The summed E-state index contributed by atoms with van der Waals surface area (Å²) < 4.78 is 19.6. The van der Waals surface area contributed by atoms with Crippen LogP contribution in [0.5, 0.6) is 11.5 Å². The van der Waals surface area contributed by atoms with E-state index in [1.165, 1.54) is 18.2 Å². The molecule has 0 bridgehead atoms. The highest BCUT2D eigenvalue weighted by Gasteiger charge is 2.37. The number of nitrogens with one attached hydrogen (secondary N) is 1. The second kappa shape index (κ2) is 13.9. The van der Waals surface area contributed by atoms with Crippen molar-refractivity contribution >= 4 is 35.3 Å². The summed E-state index contributed by atoms with van der Waals surface area (Å²) in [5, 5.41) is 9.46. The third-order valence-electron chi connectivity index (χ3n) is 7.65. The van der Waals surface area contributed by atoms with Gasteiger partial charge in [-0.15, -0.1) is 5.10 Å². The lowest BCUT2D eigenvalue weighted by Gasteiger charge is -2.30. The molecule has 1 N–H and O–H groups in total. The monoisotopic (exact) mass is 610 g/mol. The zero-order valence-electron chi connectivity index (χ0n) is 24.7. The van der Waals surface area contributed by atoms with Crippen LogP contribution in [0.4, 0.5) is 5.95 Å². The summed E-state index contributed by atoms with van der Waals surface area (Å²) in [7, 11) is 1.63. The molecule has 0 spiro atoms. The summed E-state index contributed by atoms with van der Waals surface area (Å²) in [6.07, 6.45) is 5.99. The summed E-state index contributed by atoms with van der Waals surface area (Å²) in [5.41, 5.74) is 3.04. The van der Waals surface area contributed by atoms with E-state index in [2.05, 4.69) is 19.2 Å². The molecule has 1 atom stereocenters. The minimum Gasteiger partial charge on any atom is -0.493 e. The summed E-state index contributed by atoms with van der Waals surface area (Å²) in [6.45, 7) is 6.82. The Labute approximate surface area is 257 Å². The van der Waals surface area contributed by atoms with Gasteiger partial charge in [-0.2, -0.15) is 4.98 Å². The Kier molecular flexibility index (Phi) is 10.0. The van der Waals surface area contributed by atoms with Crippen LogP contribution in [0.1, 0.15) is 76.5 Å². The van der Waals surface area contributed by atoms with Gasteiger partial charge in [-0.05, 0) is 74.3 Å². The van der Waals surface area contributed by atoms with Crippen molar-refractivity contribution in [1.29, 1.82) is 0 Å². The van der Waals surface area contributed by atoms with Gasteiger partial charge in [0.1, 0.15) is 12.1 Å². The molecule has 2 aromatic carbocycles. The molecule has 1 aliphatic carbocycles. The smallest absolute Gasteiger partial charge is 0.338 e. The minimum absolute atomic E-state index is 0.0719. The van der Waals surface area contributed by atoms with Gasteiger partial charge < -0.3 is 19.5 Å². The highest BCUT2D eigenvalue weighted by atomic mass is 35.5. The van der Waals surface area contributed by atoms with Crippen LogP contribution < -0.4 is 14.8 Å². The number of carbonyl (C=O) groups excluding carboxylic acids is 1. The molecule has 0 amide bonds. The van der Waals surface area contributed by atoms with Gasteiger partial charge in [0.05, 0.1) is 19.3 Å². The maximum absolute atomic E-state index is 13.8. The summed E-state index contributed by atoms with van der Waals surface area (Å²) in [6, 6.07) is 13.0. The maximum Gasteiger partial charge on any atom is 0.338 e. The number of carbonyl (C=O) groups is 1. The van der Waals surface area contributed by atoms with Crippen LogP contribution in [0.2, 0.25) is 5.02 Å². The van der Waals surface area contributed by atoms with Crippen molar-refractivity contribution in [3.05, 3.63) is 69.9 Å². The second-order valence-corrected chi connectivity index (χ2v) is 12.6. The molecule has 224 valence electrons. The average molecular weight is 611 g/mol. The summed E-state index contributed by atoms with van der Waals surface area (Å²) in [5.74, 6) is 2.64. The fourth-order valence-electron chi connectivity index (χ4n) is 5.30. The molecule has 1 aliphatic heterocycles. The maximum atomic E-state index is 13.8. The van der Waals surface area contributed by atoms with Crippen LogP contribution in [0.25, 0.3) is 0 Å². The fourth-order valence-corrected chi connectivity index (χ4v) is 6.41. The highest BCUT2D eigenvalue weighted by Crippen LogP contribution is 2.40. The molecule has 1 fully saturated rings. The van der Waals surface area contributed by atoms with E-state index in [9.17, 15) is 4.79 Å². The van der Waals surface area contributed by atoms with Crippen molar-refractivity contribution in [1.82, 2.24) is 14.8 Å². The van der Waals surface area contributed by atoms with Gasteiger partial charge in [-0.3, -0.25) is 0 Å². The van der Waals surface area contributed by atoms with Crippen molar-refractivity contribution in [2.75, 3.05) is 19.0 Å². The van der Waals surface area contributed by atoms with Crippen LogP contribution >= 0.6 is 23.4 Å². The third-order valence-corrected chi connectivity index (χ3v) is 8.90. The number of thioether (sulfide) groups is 1. The number of nitrogens with zero attached hydrogens (tertiary/aromatic N) is 3. The Morgan fingerprint density at radius 1 is 1.14 bits per heavy atom. The second-order valence-electron chi connectivity index (χ2n) is 11.2. The Balaban J connectivity index is 1.47. The van der Waals surface area contributed by atoms with E-state index >= 15 is 0 Å². The SMILES string of the molecule is COc1cc(C2C(C(=O)OC3CCCCC3)=C(C)Nc3nc(SCc4ccccc4Cl)nn32)ccc1OCCC(C)C. The summed E-state index contributed by atoms with van der Waals surface area (Å²) in [4.78, 5) is 18.6. The molecule has 42 heavy (non-hydrogen) atoms.